The van der Waals surface area contributed by atoms with Crippen molar-refractivity contribution in [2.45, 2.75) is 25.9 Å². The molecule has 0 aliphatic rings. The van der Waals surface area contributed by atoms with Gasteiger partial charge in [0, 0.05) is 12.1 Å². The predicted molar refractivity (Wildman–Crippen MR) is 108 cm³/mol. The Kier molecular flexibility index (Phi) is 7.87. The first kappa shape index (κ1) is 22.1. The van der Waals surface area contributed by atoms with Gasteiger partial charge in [-0.1, -0.05) is 23.7 Å². The van der Waals surface area contributed by atoms with Gasteiger partial charge in [0.15, 0.2) is 17.6 Å². The fourth-order valence-electron chi connectivity index (χ4n) is 2.62. The average molecular weight is 417 g/mol. The SMILES string of the molecule is COc1cccc(CCC(=O)O[C@@H](C)C(=O)Nc2ccc(C#N)c(Cl)c2)c1OC. The van der Waals surface area contributed by atoms with Crippen molar-refractivity contribution in [3.05, 3.63) is 52.5 Å². The molecule has 1 atom stereocenters. The van der Waals surface area contributed by atoms with E-state index in [2.05, 4.69) is 5.32 Å². The van der Waals surface area contributed by atoms with Gasteiger partial charge >= 0.3 is 5.97 Å². The Labute approximate surface area is 174 Å². The summed E-state index contributed by atoms with van der Waals surface area (Å²) in [5.74, 6) is 0.118. The Morgan fingerprint density at radius 1 is 1.21 bits per heavy atom. The summed E-state index contributed by atoms with van der Waals surface area (Å²) in [6.07, 6.45) is -0.549. The lowest BCUT2D eigenvalue weighted by atomic mass is 10.1. The zero-order valence-corrected chi connectivity index (χ0v) is 17.1. The molecule has 0 fully saturated rings. The minimum atomic E-state index is -0.996. The number of hydrogen-bond acceptors (Lipinski definition) is 6. The molecule has 7 nitrogen and oxygen atoms in total. The number of anilines is 1. The molecule has 2 rings (SSSR count). The molecule has 8 heteroatoms. The van der Waals surface area contributed by atoms with Gasteiger partial charge < -0.3 is 19.5 Å². The lowest BCUT2D eigenvalue weighted by Crippen LogP contribution is -2.30. The van der Waals surface area contributed by atoms with E-state index in [1.54, 1.807) is 18.2 Å². The molecule has 1 amide bonds. The quantitative estimate of drug-likeness (QED) is 0.658. The Hall–Kier alpha value is -3.24. The first-order chi connectivity index (χ1) is 13.9. The average Bonchev–Trinajstić information content (AvgIpc) is 2.71. The van der Waals surface area contributed by atoms with Crippen molar-refractivity contribution in [1.29, 1.82) is 5.26 Å². The van der Waals surface area contributed by atoms with E-state index in [0.717, 1.165) is 5.56 Å². The van der Waals surface area contributed by atoms with Crippen molar-refractivity contribution >= 4 is 29.2 Å². The van der Waals surface area contributed by atoms with Crippen LogP contribution < -0.4 is 14.8 Å². The van der Waals surface area contributed by atoms with Crippen LogP contribution in [0.4, 0.5) is 5.69 Å². The lowest BCUT2D eigenvalue weighted by molar-refractivity contribution is -0.153. The second-order valence-electron chi connectivity index (χ2n) is 6.08. The third kappa shape index (κ3) is 5.87. The topological polar surface area (TPSA) is 97.6 Å². The summed E-state index contributed by atoms with van der Waals surface area (Å²) in [6, 6.07) is 11.8. The molecule has 0 radical (unpaired) electrons. The minimum absolute atomic E-state index is 0.0733. The van der Waals surface area contributed by atoms with Crippen molar-refractivity contribution in [1.82, 2.24) is 0 Å². The minimum Gasteiger partial charge on any atom is -0.493 e. The van der Waals surface area contributed by atoms with Gasteiger partial charge in [-0.15, -0.1) is 0 Å². The van der Waals surface area contributed by atoms with E-state index in [0.29, 0.717) is 29.2 Å². The molecule has 0 saturated carbocycles. The highest BCUT2D eigenvalue weighted by atomic mass is 35.5. The highest BCUT2D eigenvalue weighted by Gasteiger charge is 2.19. The van der Waals surface area contributed by atoms with Crippen LogP contribution >= 0.6 is 11.6 Å². The maximum absolute atomic E-state index is 12.2. The van der Waals surface area contributed by atoms with E-state index >= 15 is 0 Å². The number of carbonyl (C=O) groups is 2. The van der Waals surface area contributed by atoms with Crippen molar-refractivity contribution in [3.63, 3.8) is 0 Å². The van der Waals surface area contributed by atoms with Crippen molar-refractivity contribution in [3.8, 4) is 17.6 Å². The van der Waals surface area contributed by atoms with Crippen LogP contribution in [0.1, 0.15) is 24.5 Å². The number of amides is 1. The smallest absolute Gasteiger partial charge is 0.306 e. The molecule has 2 aromatic rings. The van der Waals surface area contributed by atoms with Crippen LogP contribution in [0.25, 0.3) is 0 Å². The molecule has 0 spiro atoms. The molecule has 1 N–H and O–H groups in total. The van der Waals surface area contributed by atoms with Crippen LogP contribution in [-0.4, -0.2) is 32.2 Å². The van der Waals surface area contributed by atoms with Crippen LogP contribution in [0.2, 0.25) is 5.02 Å². The fraction of sp³-hybridized carbons (Fsp3) is 0.286. The van der Waals surface area contributed by atoms with Crippen LogP contribution in [0, 0.1) is 11.3 Å². The summed E-state index contributed by atoms with van der Waals surface area (Å²) in [5.41, 5.74) is 1.51. The summed E-state index contributed by atoms with van der Waals surface area (Å²) >= 11 is 5.94. The predicted octanol–water partition coefficient (Wildman–Crippen LogP) is 3.73. The van der Waals surface area contributed by atoms with E-state index in [1.165, 1.54) is 33.3 Å². The summed E-state index contributed by atoms with van der Waals surface area (Å²) in [5, 5.41) is 11.7. The van der Waals surface area contributed by atoms with Gasteiger partial charge in [0.05, 0.1) is 24.8 Å². The number of benzene rings is 2. The molecule has 0 saturated heterocycles. The van der Waals surface area contributed by atoms with Gasteiger partial charge in [-0.2, -0.15) is 5.26 Å². The van der Waals surface area contributed by atoms with Gasteiger partial charge in [0.25, 0.3) is 5.91 Å². The standard InChI is InChI=1S/C21H21ClN2O5/c1-13(21(26)24-16-9-7-15(12-23)17(22)11-16)29-19(25)10-8-14-5-4-6-18(27-2)20(14)28-3/h4-7,9,11,13H,8,10H2,1-3H3,(H,24,26)/t13-/m0/s1. The molecule has 29 heavy (non-hydrogen) atoms. The molecular formula is C21H21ClN2O5. The Bertz CT molecular complexity index is 939. The van der Waals surface area contributed by atoms with Gasteiger partial charge in [-0.3, -0.25) is 9.59 Å². The molecule has 2 aromatic carbocycles. The second-order valence-corrected chi connectivity index (χ2v) is 6.49. The number of nitriles is 1. The Morgan fingerprint density at radius 2 is 1.97 bits per heavy atom. The first-order valence-electron chi connectivity index (χ1n) is 8.79. The maximum atomic E-state index is 12.2. The maximum Gasteiger partial charge on any atom is 0.306 e. The van der Waals surface area contributed by atoms with E-state index in [1.807, 2.05) is 12.1 Å². The van der Waals surface area contributed by atoms with Crippen molar-refractivity contribution in [2.24, 2.45) is 0 Å². The van der Waals surface area contributed by atoms with E-state index in [4.69, 9.17) is 31.1 Å². The molecule has 0 heterocycles. The van der Waals surface area contributed by atoms with Crippen molar-refractivity contribution < 1.29 is 23.8 Å². The van der Waals surface area contributed by atoms with Crippen molar-refractivity contribution in [2.75, 3.05) is 19.5 Å². The molecular weight excluding hydrogens is 396 g/mol. The lowest BCUT2D eigenvalue weighted by Gasteiger charge is -2.15. The summed E-state index contributed by atoms with van der Waals surface area (Å²) < 4.78 is 15.8. The van der Waals surface area contributed by atoms with Crippen LogP contribution in [0.15, 0.2) is 36.4 Å². The summed E-state index contributed by atoms with van der Waals surface area (Å²) in [7, 11) is 3.07. The van der Waals surface area contributed by atoms with E-state index < -0.39 is 18.0 Å². The molecule has 152 valence electrons. The number of hydrogen-bond donors (Lipinski definition) is 1. The van der Waals surface area contributed by atoms with Crippen LogP contribution in [0.5, 0.6) is 11.5 Å². The number of nitrogens with one attached hydrogen (secondary N) is 1. The third-order valence-corrected chi connectivity index (χ3v) is 4.43. The number of rotatable bonds is 8. The number of nitrogens with zero attached hydrogens (tertiary/aromatic N) is 1. The van der Waals surface area contributed by atoms with Gasteiger partial charge in [-0.25, -0.2) is 0 Å². The number of aryl methyl sites for hydroxylation is 1. The first-order valence-corrected chi connectivity index (χ1v) is 9.17. The van der Waals surface area contributed by atoms with Crippen LogP contribution in [0.3, 0.4) is 0 Å². The second kappa shape index (κ2) is 10.3. The molecule has 0 aliphatic carbocycles. The number of methoxy groups -OCH3 is 2. The largest absolute Gasteiger partial charge is 0.493 e. The van der Waals surface area contributed by atoms with Gasteiger partial charge in [0.1, 0.15) is 6.07 Å². The third-order valence-electron chi connectivity index (χ3n) is 4.12. The Balaban J connectivity index is 1.91. The number of para-hydroxylation sites is 1. The highest BCUT2D eigenvalue weighted by Crippen LogP contribution is 2.31. The molecule has 0 unspecified atom stereocenters. The monoisotopic (exact) mass is 416 g/mol. The number of esters is 1. The van der Waals surface area contributed by atoms with Gasteiger partial charge in [-0.05, 0) is 43.2 Å². The Morgan fingerprint density at radius 3 is 2.59 bits per heavy atom. The number of halogens is 1. The summed E-state index contributed by atoms with van der Waals surface area (Å²) in [6.45, 7) is 1.48. The van der Waals surface area contributed by atoms with Crippen LogP contribution in [-0.2, 0) is 20.7 Å². The fourth-order valence-corrected chi connectivity index (χ4v) is 2.85. The number of carbonyl (C=O) groups excluding carboxylic acids is 2. The normalized spacial score (nSPS) is 11.1. The summed E-state index contributed by atoms with van der Waals surface area (Å²) in [4.78, 5) is 24.4. The zero-order valence-electron chi connectivity index (χ0n) is 16.3. The molecule has 0 aromatic heterocycles. The van der Waals surface area contributed by atoms with Gasteiger partial charge in [0.2, 0.25) is 0 Å². The van der Waals surface area contributed by atoms with E-state index in [9.17, 15) is 9.59 Å². The zero-order chi connectivity index (χ0) is 21.4. The molecule has 0 aliphatic heterocycles. The molecule has 0 bridgehead atoms. The highest BCUT2D eigenvalue weighted by molar-refractivity contribution is 6.32. The van der Waals surface area contributed by atoms with E-state index in [-0.39, 0.29) is 11.4 Å². The number of ether oxygens (including phenoxy) is 3.